The Balaban J connectivity index is 2.02. The van der Waals surface area contributed by atoms with Crippen molar-refractivity contribution in [2.75, 3.05) is 18.5 Å². The van der Waals surface area contributed by atoms with Gasteiger partial charge in [-0.3, -0.25) is 10.1 Å². The van der Waals surface area contributed by atoms with Crippen molar-refractivity contribution >= 4 is 17.6 Å². The number of hydrogen-bond acceptors (Lipinski definition) is 4. The maximum atomic E-state index is 13.0. The van der Waals surface area contributed by atoms with Gasteiger partial charge in [0.2, 0.25) is 5.91 Å². The highest BCUT2D eigenvalue weighted by atomic mass is 19.3. The van der Waals surface area contributed by atoms with Gasteiger partial charge in [-0.15, -0.1) is 0 Å². The Labute approximate surface area is 120 Å². The first-order chi connectivity index (χ1) is 9.82. The second-order valence-electron chi connectivity index (χ2n) is 4.93. The van der Waals surface area contributed by atoms with E-state index in [2.05, 4.69) is 10.6 Å². The predicted molar refractivity (Wildman–Crippen MR) is 71.4 cm³/mol. The van der Waals surface area contributed by atoms with E-state index < -0.39 is 36.8 Å². The van der Waals surface area contributed by atoms with Crippen molar-refractivity contribution in [1.29, 1.82) is 0 Å². The van der Waals surface area contributed by atoms with Gasteiger partial charge in [-0.05, 0) is 13.0 Å². The number of nitrogens with one attached hydrogen (secondary N) is 2. The average Bonchev–Trinajstić information content (AvgIpc) is 2.92. The molecule has 0 spiro atoms. The molecule has 21 heavy (non-hydrogen) atoms. The zero-order chi connectivity index (χ0) is 15.6. The van der Waals surface area contributed by atoms with E-state index in [1.165, 1.54) is 16.8 Å². The Kier molecular flexibility index (Phi) is 4.26. The van der Waals surface area contributed by atoms with Crippen LogP contribution in [-0.4, -0.2) is 41.6 Å². The van der Waals surface area contributed by atoms with E-state index in [-0.39, 0.29) is 12.3 Å². The summed E-state index contributed by atoms with van der Waals surface area (Å²) in [4.78, 5) is 23.5. The smallest absolute Gasteiger partial charge is 0.355 e. The summed E-state index contributed by atoms with van der Waals surface area (Å²) in [6, 6.07) is 0.509. The Morgan fingerprint density at radius 2 is 2.29 bits per heavy atom. The summed E-state index contributed by atoms with van der Waals surface area (Å²) in [6.45, 7) is 1.43. The van der Waals surface area contributed by atoms with E-state index in [0.29, 0.717) is 5.69 Å². The minimum atomic E-state index is -2.87. The number of carbonyl (C=O) groups is 2. The summed E-state index contributed by atoms with van der Waals surface area (Å²) < 4.78 is 32.5. The van der Waals surface area contributed by atoms with Crippen LogP contribution in [0.3, 0.4) is 0 Å². The van der Waals surface area contributed by atoms with E-state index in [1.54, 1.807) is 14.0 Å². The number of hydrogen-bond donors (Lipinski definition) is 2. The molecule has 1 aliphatic heterocycles. The quantitative estimate of drug-likeness (QED) is 0.818. The number of alkyl halides is 2. The van der Waals surface area contributed by atoms with E-state index in [4.69, 9.17) is 4.74 Å². The van der Waals surface area contributed by atoms with Crippen LogP contribution in [0.15, 0.2) is 12.3 Å². The highest BCUT2D eigenvalue weighted by molar-refractivity contribution is 5.97. The topological polar surface area (TPSA) is 72.4 Å². The molecule has 0 bridgehead atoms. The third kappa shape index (κ3) is 3.57. The zero-order valence-corrected chi connectivity index (χ0v) is 11.8. The van der Waals surface area contributed by atoms with Crippen LogP contribution >= 0.6 is 0 Å². The monoisotopic (exact) mass is 301 g/mol. The van der Waals surface area contributed by atoms with Crippen molar-refractivity contribution in [1.82, 2.24) is 9.88 Å². The fraction of sp³-hybridized carbons (Fsp3) is 0.538. The molecule has 0 aliphatic carbocycles. The zero-order valence-electron chi connectivity index (χ0n) is 11.8. The van der Waals surface area contributed by atoms with Crippen molar-refractivity contribution in [3.05, 3.63) is 18.0 Å². The normalized spacial score (nSPS) is 20.3. The van der Waals surface area contributed by atoms with Crippen LogP contribution < -0.4 is 10.6 Å². The largest absolute Gasteiger partial charge is 0.461 e. The van der Waals surface area contributed by atoms with Crippen molar-refractivity contribution in [3.8, 4) is 0 Å². The molecule has 0 radical (unpaired) electrons. The second kappa shape index (κ2) is 5.80. The number of rotatable bonds is 4. The first-order valence-electron chi connectivity index (χ1n) is 6.58. The van der Waals surface area contributed by atoms with Crippen LogP contribution in [0.25, 0.3) is 0 Å². The lowest BCUT2D eigenvalue weighted by atomic mass is 10.2. The van der Waals surface area contributed by atoms with Gasteiger partial charge in [0, 0.05) is 19.7 Å². The lowest BCUT2D eigenvalue weighted by molar-refractivity contribution is -0.118. The highest BCUT2D eigenvalue weighted by Gasteiger charge is 2.42. The molecule has 1 fully saturated rings. The summed E-state index contributed by atoms with van der Waals surface area (Å²) in [5, 5.41) is 4.99. The Morgan fingerprint density at radius 3 is 2.86 bits per heavy atom. The molecule has 1 amide bonds. The summed E-state index contributed by atoms with van der Waals surface area (Å²) >= 11 is 0. The average molecular weight is 301 g/mol. The predicted octanol–water partition coefficient (Wildman–Crippen LogP) is 1.14. The van der Waals surface area contributed by atoms with Crippen LogP contribution in [0.1, 0.15) is 23.8 Å². The second-order valence-corrected chi connectivity index (χ2v) is 4.93. The third-order valence-corrected chi connectivity index (χ3v) is 3.18. The molecule has 1 aromatic heterocycles. The molecule has 1 atom stereocenters. The van der Waals surface area contributed by atoms with Gasteiger partial charge in [0.05, 0.1) is 24.9 Å². The van der Waals surface area contributed by atoms with E-state index >= 15 is 0 Å². The highest BCUT2D eigenvalue weighted by Crippen LogP contribution is 2.26. The maximum Gasteiger partial charge on any atom is 0.355 e. The summed E-state index contributed by atoms with van der Waals surface area (Å²) in [5.74, 6) is -3.92. The molecule has 116 valence electrons. The number of aryl methyl sites for hydroxylation is 1. The Hall–Kier alpha value is -1.96. The minimum Gasteiger partial charge on any atom is -0.461 e. The third-order valence-electron chi connectivity index (χ3n) is 3.18. The summed E-state index contributed by atoms with van der Waals surface area (Å²) in [6.07, 6.45) is 0.994. The summed E-state index contributed by atoms with van der Waals surface area (Å²) in [7, 11) is 1.63. The molecule has 2 N–H and O–H groups in total. The molecule has 0 aromatic carbocycles. The van der Waals surface area contributed by atoms with E-state index in [9.17, 15) is 18.4 Å². The molecule has 1 aromatic rings. The van der Waals surface area contributed by atoms with Gasteiger partial charge in [-0.2, -0.15) is 0 Å². The van der Waals surface area contributed by atoms with Crippen LogP contribution in [0.4, 0.5) is 14.5 Å². The van der Waals surface area contributed by atoms with Gasteiger partial charge in [-0.1, -0.05) is 0 Å². The lowest BCUT2D eigenvalue weighted by Gasteiger charge is -2.09. The van der Waals surface area contributed by atoms with Gasteiger partial charge in [-0.25, -0.2) is 13.6 Å². The molecule has 6 nitrogen and oxygen atoms in total. The molecule has 1 unspecified atom stereocenters. The lowest BCUT2D eigenvalue weighted by Crippen LogP contribution is -2.35. The number of amides is 1. The molecule has 2 rings (SSSR count). The Morgan fingerprint density at radius 1 is 1.57 bits per heavy atom. The minimum absolute atomic E-state index is 0.243. The number of esters is 1. The molecular weight excluding hydrogens is 284 g/mol. The van der Waals surface area contributed by atoms with E-state index in [1.807, 2.05) is 0 Å². The summed E-state index contributed by atoms with van der Waals surface area (Å²) in [5.41, 5.74) is 0.638. The van der Waals surface area contributed by atoms with Crippen molar-refractivity contribution in [3.63, 3.8) is 0 Å². The maximum absolute atomic E-state index is 13.0. The van der Waals surface area contributed by atoms with Gasteiger partial charge in [0.15, 0.2) is 0 Å². The van der Waals surface area contributed by atoms with Crippen molar-refractivity contribution in [2.24, 2.45) is 7.05 Å². The molecule has 1 aliphatic rings. The first kappa shape index (κ1) is 15.4. The van der Waals surface area contributed by atoms with Crippen molar-refractivity contribution < 1.29 is 23.1 Å². The van der Waals surface area contributed by atoms with Crippen molar-refractivity contribution in [2.45, 2.75) is 25.3 Å². The molecular formula is C13H17F2N3O3. The van der Waals surface area contributed by atoms with E-state index in [0.717, 1.165) is 0 Å². The fourth-order valence-electron chi connectivity index (χ4n) is 2.17. The van der Waals surface area contributed by atoms with Crippen LogP contribution in [0.2, 0.25) is 0 Å². The number of carbonyl (C=O) groups excluding carboxylic acids is 2. The van der Waals surface area contributed by atoms with Crippen LogP contribution in [0, 0.1) is 0 Å². The fourth-order valence-corrected chi connectivity index (χ4v) is 2.17. The molecule has 1 saturated heterocycles. The number of aromatic nitrogens is 1. The van der Waals surface area contributed by atoms with Crippen LogP contribution in [0.5, 0.6) is 0 Å². The molecule has 8 heteroatoms. The molecule has 0 saturated carbocycles. The number of ether oxygens (including phenoxy) is 1. The number of halogens is 2. The van der Waals surface area contributed by atoms with Gasteiger partial charge < -0.3 is 14.6 Å². The SMILES string of the molecule is CCOC(=O)c1cc(NC(=O)C2CC(F)(F)CN2)cn1C. The number of nitrogens with zero attached hydrogens (tertiary/aromatic N) is 1. The molecule has 2 heterocycles. The van der Waals surface area contributed by atoms with Crippen LogP contribution in [-0.2, 0) is 16.6 Å². The standard InChI is InChI=1S/C13H17F2N3O3/c1-3-21-12(20)10-4-8(6-18(10)2)17-11(19)9-5-13(14,15)7-16-9/h4,6,9,16H,3,5,7H2,1-2H3,(H,17,19). The first-order valence-corrected chi connectivity index (χ1v) is 6.58. The van der Waals surface area contributed by atoms with Gasteiger partial charge >= 0.3 is 5.97 Å². The van der Waals surface area contributed by atoms with Gasteiger partial charge in [0.1, 0.15) is 5.69 Å². The van der Waals surface area contributed by atoms with Gasteiger partial charge in [0.25, 0.3) is 5.92 Å². The Bertz CT molecular complexity index is 557. The number of anilines is 1.